The Hall–Kier alpha value is -0.910. The zero-order valence-electron chi connectivity index (χ0n) is 11.8. The molecule has 21 heavy (non-hydrogen) atoms. The Labute approximate surface area is 141 Å². The highest BCUT2D eigenvalue weighted by atomic mass is 79.9. The quantitative estimate of drug-likeness (QED) is 0.735. The molecule has 0 aliphatic carbocycles. The number of ether oxygens (including phenoxy) is 1. The molecule has 0 aliphatic heterocycles. The molecule has 2 aromatic rings. The van der Waals surface area contributed by atoms with Crippen LogP contribution in [0.4, 0.5) is 4.39 Å². The van der Waals surface area contributed by atoms with Crippen molar-refractivity contribution >= 4 is 31.9 Å². The summed E-state index contributed by atoms with van der Waals surface area (Å²) in [6.45, 7) is 2.84. The van der Waals surface area contributed by atoms with Gasteiger partial charge in [0.15, 0.2) is 11.6 Å². The molecule has 0 saturated heterocycles. The molecule has 1 N–H and O–H groups in total. The van der Waals surface area contributed by atoms with Crippen LogP contribution in [0.25, 0.3) is 0 Å². The van der Waals surface area contributed by atoms with Gasteiger partial charge >= 0.3 is 0 Å². The molecule has 1 atom stereocenters. The van der Waals surface area contributed by atoms with Gasteiger partial charge in [0.05, 0.1) is 13.2 Å². The molecule has 0 spiro atoms. The Morgan fingerprint density at radius 3 is 2.62 bits per heavy atom. The number of nitrogens with one attached hydrogen (secondary N) is 1. The summed E-state index contributed by atoms with van der Waals surface area (Å²) in [5.74, 6) is -0.105. The van der Waals surface area contributed by atoms with Crippen molar-refractivity contribution in [1.82, 2.24) is 5.32 Å². The predicted molar refractivity (Wildman–Crippen MR) is 90.3 cm³/mol. The van der Waals surface area contributed by atoms with Crippen LogP contribution in [0, 0.1) is 5.82 Å². The lowest BCUT2D eigenvalue weighted by Gasteiger charge is -2.21. The number of halogens is 3. The van der Waals surface area contributed by atoms with Gasteiger partial charge < -0.3 is 10.1 Å². The molecular formula is C16H16Br2FNO. The smallest absolute Gasteiger partial charge is 0.165 e. The van der Waals surface area contributed by atoms with E-state index < -0.39 is 0 Å². The third kappa shape index (κ3) is 3.84. The lowest BCUT2D eigenvalue weighted by Crippen LogP contribution is -2.22. The molecule has 0 aliphatic rings. The maximum Gasteiger partial charge on any atom is 0.165 e. The van der Waals surface area contributed by atoms with Gasteiger partial charge in [-0.1, -0.05) is 44.8 Å². The fourth-order valence-corrected chi connectivity index (χ4v) is 3.06. The number of hydrogen-bond donors (Lipinski definition) is 1. The maximum atomic E-state index is 13.6. The minimum Gasteiger partial charge on any atom is -0.494 e. The van der Waals surface area contributed by atoms with E-state index in [-0.39, 0.29) is 17.6 Å². The van der Waals surface area contributed by atoms with Gasteiger partial charge in [0.1, 0.15) is 0 Å². The molecule has 0 amide bonds. The summed E-state index contributed by atoms with van der Waals surface area (Å²) in [5.41, 5.74) is 2.04. The minimum atomic E-state index is -0.357. The van der Waals surface area contributed by atoms with Crippen LogP contribution in [0.15, 0.2) is 45.3 Å². The minimum absolute atomic E-state index is 0.0450. The largest absolute Gasteiger partial charge is 0.494 e. The lowest BCUT2D eigenvalue weighted by atomic mass is 9.98. The first-order valence-corrected chi connectivity index (χ1v) is 8.17. The van der Waals surface area contributed by atoms with Gasteiger partial charge in [-0.25, -0.2) is 4.39 Å². The maximum absolute atomic E-state index is 13.6. The molecule has 2 aromatic carbocycles. The fourth-order valence-electron chi connectivity index (χ4n) is 2.20. The number of hydrogen-bond acceptors (Lipinski definition) is 2. The van der Waals surface area contributed by atoms with Crippen LogP contribution >= 0.6 is 31.9 Å². The second-order valence-electron chi connectivity index (χ2n) is 4.55. The Bertz CT molecular complexity index is 634. The van der Waals surface area contributed by atoms with Crippen molar-refractivity contribution in [2.45, 2.75) is 13.0 Å². The van der Waals surface area contributed by atoms with Crippen LogP contribution < -0.4 is 10.1 Å². The van der Waals surface area contributed by atoms with E-state index in [1.165, 1.54) is 13.2 Å². The van der Waals surface area contributed by atoms with E-state index >= 15 is 0 Å². The van der Waals surface area contributed by atoms with E-state index in [2.05, 4.69) is 37.2 Å². The average Bonchev–Trinajstić information content (AvgIpc) is 2.48. The molecular weight excluding hydrogens is 401 g/mol. The van der Waals surface area contributed by atoms with Crippen LogP contribution in [-0.2, 0) is 0 Å². The van der Waals surface area contributed by atoms with E-state index in [4.69, 9.17) is 4.74 Å². The van der Waals surface area contributed by atoms with Gasteiger partial charge in [-0.2, -0.15) is 0 Å². The van der Waals surface area contributed by atoms with Crippen molar-refractivity contribution < 1.29 is 9.13 Å². The molecule has 0 heterocycles. The van der Waals surface area contributed by atoms with Crippen molar-refractivity contribution in [3.8, 4) is 5.75 Å². The SMILES string of the molecule is CCNC(c1ccc(F)c(OC)c1)c1cc(Br)ccc1Br. The third-order valence-corrected chi connectivity index (χ3v) is 4.40. The Morgan fingerprint density at radius 1 is 1.19 bits per heavy atom. The van der Waals surface area contributed by atoms with Gasteiger partial charge in [-0.3, -0.25) is 0 Å². The van der Waals surface area contributed by atoms with E-state index in [1.807, 2.05) is 25.1 Å². The van der Waals surface area contributed by atoms with Crippen LogP contribution in [0.3, 0.4) is 0 Å². The van der Waals surface area contributed by atoms with E-state index in [1.54, 1.807) is 12.1 Å². The van der Waals surface area contributed by atoms with Crippen LogP contribution in [0.2, 0.25) is 0 Å². The third-order valence-electron chi connectivity index (χ3n) is 3.19. The molecule has 5 heteroatoms. The molecule has 1 unspecified atom stereocenters. The van der Waals surface area contributed by atoms with Crippen molar-refractivity contribution in [1.29, 1.82) is 0 Å². The monoisotopic (exact) mass is 415 g/mol. The number of benzene rings is 2. The Kier molecular flexibility index (Phi) is 5.79. The summed E-state index contributed by atoms with van der Waals surface area (Å²) in [6.07, 6.45) is 0. The molecule has 0 saturated carbocycles. The molecule has 0 bridgehead atoms. The van der Waals surface area contributed by atoms with Gasteiger partial charge in [-0.05, 0) is 48.0 Å². The number of methoxy groups -OCH3 is 1. The van der Waals surface area contributed by atoms with Crippen molar-refractivity contribution in [3.63, 3.8) is 0 Å². The summed E-state index contributed by atoms with van der Waals surface area (Å²) in [4.78, 5) is 0. The van der Waals surface area contributed by atoms with Gasteiger partial charge in [0, 0.05) is 8.95 Å². The van der Waals surface area contributed by atoms with Gasteiger partial charge in [0.25, 0.3) is 0 Å². The average molecular weight is 417 g/mol. The summed E-state index contributed by atoms with van der Waals surface area (Å²) in [6, 6.07) is 10.9. The number of rotatable bonds is 5. The van der Waals surface area contributed by atoms with Crippen LogP contribution in [0.1, 0.15) is 24.1 Å². The van der Waals surface area contributed by atoms with E-state index in [0.717, 1.165) is 26.6 Å². The fraction of sp³-hybridized carbons (Fsp3) is 0.250. The second-order valence-corrected chi connectivity index (χ2v) is 6.32. The topological polar surface area (TPSA) is 21.3 Å². The normalized spacial score (nSPS) is 12.2. The first kappa shape index (κ1) is 16.5. The highest BCUT2D eigenvalue weighted by Gasteiger charge is 2.18. The Morgan fingerprint density at radius 2 is 1.95 bits per heavy atom. The zero-order chi connectivity index (χ0) is 15.4. The van der Waals surface area contributed by atoms with Gasteiger partial charge in [0.2, 0.25) is 0 Å². The molecule has 2 rings (SSSR count). The van der Waals surface area contributed by atoms with Crippen molar-refractivity contribution in [2.75, 3.05) is 13.7 Å². The molecule has 2 nitrogen and oxygen atoms in total. The van der Waals surface area contributed by atoms with Crippen molar-refractivity contribution in [3.05, 3.63) is 62.3 Å². The standard InChI is InChI=1S/C16H16Br2FNO/c1-3-20-16(12-9-11(17)5-6-13(12)18)10-4-7-14(19)15(8-10)21-2/h4-9,16,20H,3H2,1-2H3. The van der Waals surface area contributed by atoms with E-state index in [9.17, 15) is 4.39 Å². The molecule has 0 aromatic heterocycles. The first-order chi connectivity index (χ1) is 10.1. The van der Waals surface area contributed by atoms with E-state index in [0.29, 0.717) is 0 Å². The van der Waals surface area contributed by atoms with Crippen molar-refractivity contribution in [2.24, 2.45) is 0 Å². The molecule has 0 radical (unpaired) electrons. The summed E-state index contributed by atoms with van der Waals surface area (Å²) >= 11 is 7.08. The zero-order valence-corrected chi connectivity index (χ0v) is 15.0. The lowest BCUT2D eigenvalue weighted by molar-refractivity contribution is 0.385. The highest BCUT2D eigenvalue weighted by Crippen LogP contribution is 2.33. The Balaban J connectivity index is 2.50. The molecule has 0 fully saturated rings. The summed E-state index contributed by atoms with van der Waals surface area (Å²) in [7, 11) is 1.47. The summed E-state index contributed by atoms with van der Waals surface area (Å²) < 4.78 is 20.7. The van der Waals surface area contributed by atoms with Gasteiger partial charge in [-0.15, -0.1) is 0 Å². The van der Waals surface area contributed by atoms with Crippen LogP contribution in [0.5, 0.6) is 5.75 Å². The second kappa shape index (κ2) is 7.38. The molecule has 112 valence electrons. The van der Waals surface area contributed by atoms with Crippen LogP contribution in [-0.4, -0.2) is 13.7 Å². The summed E-state index contributed by atoms with van der Waals surface area (Å²) in [5, 5.41) is 3.43. The highest BCUT2D eigenvalue weighted by molar-refractivity contribution is 9.11. The first-order valence-electron chi connectivity index (χ1n) is 6.58. The predicted octanol–water partition coefficient (Wildman–Crippen LogP) is 5.06.